The van der Waals surface area contributed by atoms with Crippen LogP contribution in [-0.4, -0.2) is 30.7 Å². The maximum Gasteiger partial charge on any atom is 0.191 e. The zero-order valence-electron chi connectivity index (χ0n) is 12.3. The number of aliphatic imine (C=N–C) groups is 1. The highest BCUT2D eigenvalue weighted by Crippen LogP contribution is 1.97. The minimum absolute atomic E-state index is 0. The van der Waals surface area contributed by atoms with Gasteiger partial charge < -0.3 is 15.2 Å². The van der Waals surface area contributed by atoms with Gasteiger partial charge in [0, 0.05) is 39.1 Å². The summed E-state index contributed by atoms with van der Waals surface area (Å²) in [6, 6.07) is 14.5. The molecule has 0 radical (unpaired) electrons. The number of nitrogens with one attached hydrogen (secondary N) is 2. The van der Waals surface area contributed by atoms with Crippen molar-refractivity contribution in [3.63, 3.8) is 0 Å². The molecule has 21 heavy (non-hydrogen) atoms. The van der Waals surface area contributed by atoms with Crippen LogP contribution in [0.3, 0.4) is 0 Å². The van der Waals surface area contributed by atoms with Crippen molar-refractivity contribution in [3.8, 4) is 0 Å². The van der Waals surface area contributed by atoms with Crippen LogP contribution >= 0.6 is 24.0 Å². The largest absolute Gasteiger partial charge is 0.356 e. The van der Waals surface area contributed by atoms with E-state index in [1.54, 1.807) is 7.05 Å². The lowest BCUT2D eigenvalue weighted by Gasteiger charge is -2.12. The van der Waals surface area contributed by atoms with Crippen LogP contribution < -0.4 is 10.6 Å². The van der Waals surface area contributed by atoms with Crippen molar-refractivity contribution in [1.29, 1.82) is 0 Å². The standard InChI is InChI=1S/C16H22N4.HI/c1-17-16(19-11-14-20-12-5-6-13-20)18-10-9-15-7-3-2-4-8-15;/h2-8,12-13H,9-11,14H2,1H3,(H2,17,18,19);1H. The molecule has 0 amide bonds. The van der Waals surface area contributed by atoms with E-state index in [-0.39, 0.29) is 24.0 Å². The number of hydrogen-bond donors (Lipinski definition) is 2. The van der Waals surface area contributed by atoms with E-state index in [0.717, 1.165) is 32.0 Å². The van der Waals surface area contributed by atoms with Gasteiger partial charge in [-0.2, -0.15) is 0 Å². The molecule has 2 rings (SSSR count). The molecule has 4 nitrogen and oxygen atoms in total. The maximum atomic E-state index is 4.22. The number of guanidine groups is 1. The van der Waals surface area contributed by atoms with Crippen molar-refractivity contribution in [2.24, 2.45) is 4.99 Å². The lowest BCUT2D eigenvalue weighted by molar-refractivity contribution is 0.665. The first-order valence-electron chi connectivity index (χ1n) is 6.97. The molecule has 0 saturated heterocycles. The quantitative estimate of drug-likeness (QED) is 0.446. The van der Waals surface area contributed by atoms with E-state index in [0.29, 0.717) is 0 Å². The minimum atomic E-state index is 0. The fourth-order valence-electron chi connectivity index (χ4n) is 2.01. The predicted octanol–water partition coefficient (Wildman–Crippen LogP) is 2.51. The maximum absolute atomic E-state index is 4.22. The van der Waals surface area contributed by atoms with Crippen molar-refractivity contribution >= 4 is 29.9 Å². The Morgan fingerprint density at radius 3 is 2.33 bits per heavy atom. The summed E-state index contributed by atoms with van der Waals surface area (Å²) in [5, 5.41) is 6.64. The normalized spacial score (nSPS) is 10.8. The molecular formula is C16H23IN4. The van der Waals surface area contributed by atoms with Crippen LogP contribution in [0.2, 0.25) is 0 Å². The van der Waals surface area contributed by atoms with Gasteiger partial charge in [-0.3, -0.25) is 4.99 Å². The molecule has 1 aromatic carbocycles. The predicted molar refractivity (Wildman–Crippen MR) is 99.4 cm³/mol. The summed E-state index contributed by atoms with van der Waals surface area (Å²) in [6.07, 6.45) is 5.12. The molecule has 0 aliphatic carbocycles. The summed E-state index contributed by atoms with van der Waals surface area (Å²) in [5.74, 6) is 0.855. The lowest BCUT2D eigenvalue weighted by atomic mass is 10.1. The molecule has 1 aromatic heterocycles. The van der Waals surface area contributed by atoms with Gasteiger partial charge in [0.15, 0.2) is 5.96 Å². The van der Waals surface area contributed by atoms with E-state index in [1.807, 2.05) is 18.2 Å². The fourth-order valence-corrected chi connectivity index (χ4v) is 2.01. The van der Waals surface area contributed by atoms with Gasteiger partial charge in [-0.15, -0.1) is 24.0 Å². The molecule has 0 unspecified atom stereocenters. The van der Waals surface area contributed by atoms with Crippen LogP contribution in [0, 0.1) is 0 Å². The van der Waals surface area contributed by atoms with Gasteiger partial charge >= 0.3 is 0 Å². The molecule has 5 heteroatoms. The molecule has 1 heterocycles. The van der Waals surface area contributed by atoms with Gasteiger partial charge in [0.05, 0.1) is 0 Å². The molecule has 0 aliphatic heterocycles. The first kappa shape index (κ1) is 17.6. The van der Waals surface area contributed by atoms with Gasteiger partial charge in [-0.25, -0.2) is 0 Å². The molecule has 2 aromatic rings. The molecule has 0 spiro atoms. The lowest BCUT2D eigenvalue weighted by Crippen LogP contribution is -2.39. The summed E-state index contributed by atoms with van der Waals surface area (Å²) >= 11 is 0. The highest BCUT2D eigenvalue weighted by Gasteiger charge is 1.97. The van der Waals surface area contributed by atoms with Gasteiger partial charge in [0.25, 0.3) is 0 Å². The van der Waals surface area contributed by atoms with E-state index in [4.69, 9.17) is 0 Å². The molecule has 114 valence electrons. The summed E-state index contributed by atoms with van der Waals surface area (Å²) in [4.78, 5) is 4.22. The summed E-state index contributed by atoms with van der Waals surface area (Å²) in [5.41, 5.74) is 1.34. The van der Waals surface area contributed by atoms with E-state index in [9.17, 15) is 0 Å². The van der Waals surface area contributed by atoms with Gasteiger partial charge in [0.1, 0.15) is 0 Å². The zero-order chi connectivity index (χ0) is 14.0. The highest BCUT2D eigenvalue weighted by atomic mass is 127. The second-order valence-corrected chi connectivity index (χ2v) is 4.58. The number of nitrogens with zero attached hydrogens (tertiary/aromatic N) is 2. The Kier molecular flexibility index (Phi) is 8.57. The second kappa shape index (κ2) is 10.3. The molecule has 0 atom stereocenters. The van der Waals surface area contributed by atoms with Gasteiger partial charge in [-0.05, 0) is 24.1 Å². The van der Waals surface area contributed by atoms with Crippen LogP contribution in [-0.2, 0) is 13.0 Å². The van der Waals surface area contributed by atoms with Crippen LogP contribution in [0.4, 0.5) is 0 Å². The van der Waals surface area contributed by atoms with Crippen molar-refractivity contribution in [2.75, 3.05) is 20.1 Å². The third kappa shape index (κ3) is 6.66. The molecule has 0 saturated carbocycles. The Bertz CT molecular complexity index is 508. The zero-order valence-corrected chi connectivity index (χ0v) is 14.7. The van der Waals surface area contributed by atoms with Crippen LogP contribution in [0.15, 0.2) is 59.9 Å². The monoisotopic (exact) mass is 398 g/mol. The topological polar surface area (TPSA) is 41.4 Å². The van der Waals surface area contributed by atoms with E-state index in [1.165, 1.54) is 5.56 Å². The molecule has 0 fully saturated rings. The van der Waals surface area contributed by atoms with Gasteiger partial charge in [0.2, 0.25) is 0 Å². The Labute approximate surface area is 143 Å². The van der Waals surface area contributed by atoms with E-state index in [2.05, 4.69) is 56.9 Å². The number of rotatable bonds is 6. The first-order valence-corrected chi connectivity index (χ1v) is 6.97. The third-order valence-corrected chi connectivity index (χ3v) is 3.10. The van der Waals surface area contributed by atoms with Crippen molar-refractivity contribution in [3.05, 3.63) is 60.4 Å². The Balaban J connectivity index is 0.00000220. The number of halogens is 1. The number of hydrogen-bond acceptors (Lipinski definition) is 1. The Morgan fingerprint density at radius 2 is 1.67 bits per heavy atom. The Morgan fingerprint density at radius 1 is 1.00 bits per heavy atom. The molecule has 2 N–H and O–H groups in total. The second-order valence-electron chi connectivity index (χ2n) is 4.58. The number of aromatic nitrogens is 1. The van der Waals surface area contributed by atoms with Gasteiger partial charge in [-0.1, -0.05) is 30.3 Å². The number of benzene rings is 1. The summed E-state index contributed by atoms with van der Waals surface area (Å²) < 4.78 is 2.14. The molecular weight excluding hydrogens is 375 g/mol. The molecule has 0 aliphatic rings. The summed E-state index contributed by atoms with van der Waals surface area (Å²) in [7, 11) is 1.80. The van der Waals surface area contributed by atoms with E-state index < -0.39 is 0 Å². The Hall–Kier alpha value is -1.50. The van der Waals surface area contributed by atoms with Crippen molar-refractivity contribution in [1.82, 2.24) is 15.2 Å². The van der Waals surface area contributed by atoms with Crippen molar-refractivity contribution in [2.45, 2.75) is 13.0 Å². The SMILES string of the molecule is CN=C(NCCc1ccccc1)NCCn1cccc1.I. The average molecular weight is 398 g/mol. The fraction of sp³-hybridized carbons (Fsp3) is 0.312. The third-order valence-electron chi connectivity index (χ3n) is 3.10. The van der Waals surface area contributed by atoms with Crippen molar-refractivity contribution < 1.29 is 0 Å². The smallest absolute Gasteiger partial charge is 0.191 e. The highest BCUT2D eigenvalue weighted by molar-refractivity contribution is 14.0. The first-order chi connectivity index (χ1) is 9.88. The summed E-state index contributed by atoms with van der Waals surface area (Å²) in [6.45, 7) is 2.68. The minimum Gasteiger partial charge on any atom is -0.356 e. The van der Waals surface area contributed by atoms with Crippen LogP contribution in [0.5, 0.6) is 0 Å². The van der Waals surface area contributed by atoms with Crippen LogP contribution in [0.25, 0.3) is 0 Å². The molecule has 0 bridgehead atoms. The van der Waals surface area contributed by atoms with E-state index >= 15 is 0 Å². The van der Waals surface area contributed by atoms with Crippen LogP contribution in [0.1, 0.15) is 5.56 Å². The average Bonchev–Trinajstić information content (AvgIpc) is 3.00.